The Bertz CT molecular complexity index is 324. The maximum atomic E-state index is 6.02. The molecule has 0 unspecified atom stereocenters. The van der Waals surface area contributed by atoms with E-state index in [4.69, 9.17) is 5.73 Å². The summed E-state index contributed by atoms with van der Waals surface area (Å²) >= 11 is 0. The molecule has 0 atom stereocenters. The van der Waals surface area contributed by atoms with Crippen molar-refractivity contribution in [2.75, 3.05) is 18.8 Å². The van der Waals surface area contributed by atoms with Crippen molar-refractivity contribution < 1.29 is 0 Å². The standard InChI is InChI=1S/C12H24N4/c1-5-7-16(8-6-2)9-11-10(3)14-15(4)12(11)13/h5-9,13H2,1-4H3. The number of aromatic nitrogens is 2. The summed E-state index contributed by atoms with van der Waals surface area (Å²) in [5, 5.41) is 4.35. The predicted molar refractivity (Wildman–Crippen MR) is 68.2 cm³/mol. The topological polar surface area (TPSA) is 47.1 Å². The maximum Gasteiger partial charge on any atom is 0.126 e. The van der Waals surface area contributed by atoms with Crippen molar-refractivity contribution in [2.24, 2.45) is 7.05 Å². The minimum absolute atomic E-state index is 0.801. The van der Waals surface area contributed by atoms with Gasteiger partial charge >= 0.3 is 0 Å². The Morgan fingerprint density at radius 1 is 1.25 bits per heavy atom. The lowest BCUT2D eigenvalue weighted by Crippen LogP contribution is -2.25. The van der Waals surface area contributed by atoms with E-state index in [0.29, 0.717) is 0 Å². The number of hydrogen-bond acceptors (Lipinski definition) is 3. The van der Waals surface area contributed by atoms with Crippen LogP contribution in [-0.4, -0.2) is 27.8 Å². The molecule has 0 aliphatic carbocycles. The minimum Gasteiger partial charge on any atom is -0.384 e. The van der Waals surface area contributed by atoms with Crippen LogP contribution in [0.15, 0.2) is 0 Å². The SMILES string of the molecule is CCCN(CCC)Cc1c(C)nn(C)c1N. The molecule has 0 saturated heterocycles. The van der Waals surface area contributed by atoms with Gasteiger partial charge in [0.2, 0.25) is 0 Å². The van der Waals surface area contributed by atoms with Crippen molar-refractivity contribution in [1.82, 2.24) is 14.7 Å². The second kappa shape index (κ2) is 5.89. The molecule has 2 N–H and O–H groups in total. The summed E-state index contributed by atoms with van der Waals surface area (Å²) in [6.45, 7) is 9.63. The van der Waals surface area contributed by atoms with Gasteiger partial charge in [0.1, 0.15) is 5.82 Å². The molecule has 0 aromatic carbocycles. The molecular formula is C12H24N4. The van der Waals surface area contributed by atoms with Crippen LogP contribution in [0.4, 0.5) is 5.82 Å². The van der Waals surface area contributed by atoms with Gasteiger partial charge in [0.15, 0.2) is 0 Å². The zero-order valence-electron chi connectivity index (χ0n) is 11.0. The number of nitrogens with two attached hydrogens (primary N) is 1. The van der Waals surface area contributed by atoms with Crippen molar-refractivity contribution in [3.05, 3.63) is 11.3 Å². The molecule has 0 spiro atoms. The Balaban J connectivity index is 2.76. The summed E-state index contributed by atoms with van der Waals surface area (Å²) in [7, 11) is 1.90. The lowest BCUT2D eigenvalue weighted by Gasteiger charge is -2.20. The Labute approximate surface area is 98.4 Å². The molecule has 0 fully saturated rings. The first-order chi connectivity index (χ1) is 7.60. The molecule has 0 aliphatic rings. The van der Waals surface area contributed by atoms with E-state index in [-0.39, 0.29) is 0 Å². The Kier molecular flexibility index (Phi) is 4.80. The normalized spacial score (nSPS) is 11.3. The number of nitrogens with zero attached hydrogens (tertiary/aromatic N) is 3. The average molecular weight is 224 g/mol. The lowest BCUT2D eigenvalue weighted by atomic mass is 10.2. The molecule has 4 nitrogen and oxygen atoms in total. The van der Waals surface area contributed by atoms with Gasteiger partial charge in [-0.15, -0.1) is 0 Å². The first kappa shape index (κ1) is 13.0. The highest BCUT2D eigenvalue weighted by molar-refractivity contribution is 5.42. The van der Waals surface area contributed by atoms with Crippen molar-refractivity contribution in [3.63, 3.8) is 0 Å². The zero-order valence-corrected chi connectivity index (χ0v) is 11.0. The van der Waals surface area contributed by atoms with Crippen LogP contribution >= 0.6 is 0 Å². The Morgan fingerprint density at radius 2 is 1.81 bits per heavy atom. The molecule has 0 saturated carbocycles. The molecule has 0 radical (unpaired) electrons. The van der Waals surface area contributed by atoms with E-state index in [0.717, 1.165) is 31.1 Å². The minimum atomic E-state index is 0.801. The molecular weight excluding hydrogens is 200 g/mol. The van der Waals surface area contributed by atoms with E-state index in [1.807, 2.05) is 14.0 Å². The van der Waals surface area contributed by atoms with Gasteiger partial charge in [-0.25, -0.2) is 0 Å². The lowest BCUT2D eigenvalue weighted by molar-refractivity contribution is 0.266. The highest BCUT2D eigenvalue weighted by atomic mass is 15.3. The largest absolute Gasteiger partial charge is 0.384 e. The summed E-state index contributed by atoms with van der Waals surface area (Å²) in [4.78, 5) is 2.44. The van der Waals surface area contributed by atoms with Crippen LogP contribution in [0.2, 0.25) is 0 Å². The van der Waals surface area contributed by atoms with Crippen LogP contribution < -0.4 is 5.73 Å². The Morgan fingerprint density at radius 3 is 2.19 bits per heavy atom. The van der Waals surface area contributed by atoms with Gasteiger partial charge in [-0.2, -0.15) is 5.10 Å². The van der Waals surface area contributed by atoms with Crippen molar-refractivity contribution >= 4 is 5.82 Å². The number of rotatable bonds is 6. The van der Waals surface area contributed by atoms with Crippen LogP contribution in [0, 0.1) is 6.92 Å². The van der Waals surface area contributed by atoms with E-state index >= 15 is 0 Å². The zero-order chi connectivity index (χ0) is 12.1. The number of nitrogen functional groups attached to an aromatic ring is 1. The third kappa shape index (κ3) is 2.98. The van der Waals surface area contributed by atoms with E-state index in [9.17, 15) is 0 Å². The van der Waals surface area contributed by atoms with Gasteiger partial charge in [-0.05, 0) is 32.9 Å². The van der Waals surface area contributed by atoms with Gasteiger partial charge in [0.05, 0.1) is 5.69 Å². The predicted octanol–water partition coefficient (Wildman–Crippen LogP) is 1.93. The second-order valence-corrected chi connectivity index (χ2v) is 4.35. The second-order valence-electron chi connectivity index (χ2n) is 4.35. The quantitative estimate of drug-likeness (QED) is 0.803. The fourth-order valence-electron chi connectivity index (χ4n) is 2.04. The molecule has 1 aromatic heterocycles. The highest BCUT2D eigenvalue weighted by Gasteiger charge is 2.13. The fourth-order valence-corrected chi connectivity index (χ4v) is 2.04. The number of anilines is 1. The molecule has 92 valence electrons. The van der Waals surface area contributed by atoms with Gasteiger partial charge in [-0.3, -0.25) is 9.58 Å². The Hall–Kier alpha value is -1.03. The summed E-state index contributed by atoms with van der Waals surface area (Å²) in [5.41, 5.74) is 8.26. The summed E-state index contributed by atoms with van der Waals surface area (Å²) in [5.74, 6) is 0.801. The van der Waals surface area contributed by atoms with E-state index < -0.39 is 0 Å². The maximum absolute atomic E-state index is 6.02. The van der Waals surface area contributed by atoms with Crippen LogP contribution in [0.25, 0.3) is 0 Å². The molecule has 4 heteroatoms. The third-order valence-corrected chi connectivity index (χ3v) is 2.86. The van der Waals surface area contributed by atoms with E-state index in [1.54, 1.807) is 4.68 Å². The fraction of sp³-hybridized carbons (Fsp3) is 0.750. The van der Waals surface area contributed by atoms with Crippen molar-refractivity contribution in [3.8, 4) is 0 Å². The number of hydrogen-bond donors (Lipinski definition) is 1. The van der Waals surface area contributed by atoms with Crippen LogP contribution in [-0.2, 0) is 13.6 Å². The third-order valence-electron chi connectivity index (χ3n) is 2.86. The summed E-state index contributed by atoms with van der Waals surface area (Å²) < 4.78 is 1.76. The average Bonchev–Trinajstić information content (AvgIpc) is 2.46. The molecule has 0 amide bonds. The molecule has 1 heterocycles. The van der Waals surface area contributed by atoms with Crippen LogP contribution in [0.3, 0.4) is 0 Å². The van der Waals surface area contributed by atoms with Crippen molar-refractivity contribution in [1.29, 1.82) is 0 Å². The molecule has 0 bridgehead atoms. The van der Waals surface area contributed by atoms with Crippen LogP contribution in [0.5, 0.6) is 0 Å². The van der Waals surface area contributed by atoms with Crippen molar-refractivity contribution in [2.45, 2.75) is 40.2 Å². The first-order valence-electron chi connectivity index (χ1n) is 6.10. The first-order valence-corrected chi connectivity index (χ1v) is 6.10. The van der Waals surface area contributed by atoms with E-state index in [1.165, 1.54) is 18.4 Å². The molecule has 16 heavy (non-hydrogen) atoms. The van der Waals surface area contributed by atoms with Gasteiger partial charge in [-0.1, -0.05) is 13.8 Å². The molecule has 0 aliphatic heterocycles. The molecule has 1 aromatic rings. The summed E-state index contributed by atoms with van der Waals surface area (Å²) in [6, 6.07) is 0. The van der Waals surface area contributed by atoms with Gasteiger partial charge in [0, 0.05) is 19.2 Å². The van der Waals surface area contributed by atoms with Gasteiger partial charge < -0.3 is 5.73 Å². The number of aryl methyl sites for hydroxylation is 2. The monoisotopic (exact) mass is 224 g/mol. The van der Waals surface area contributed by atoms with Crippen LogP contribution in [0.1, 0.15) is 37.9 Å². The molecule has 1 rings (SSSR count). The van der Waals surface area contributed by atoms with E-state index in [2.05, 4.69) is 23.8 Å². The summed E-state index contributed by atoms with van der Waals surface area (Å²) in [6.07, 6.45) is 2.36. The smallest absolute Gasteiger partial charge is 0.126 e. The highest BCUT2D eigenvalue weighted by Crippen LogP contribution is 2.17. The van der Waals surface area contributed by atoms with Gasteiger partial charge in [0.25, 0.3) is 0 Å².